The third-order valence-electron chi connectivity index (χ3n) is 10.7. The van der Waals surface area contributed by atoms with Gasteiger partial charge in [0.2, 0.25) is 0 Å². The van der Waals surface area contributed by atoms with E-state index in [0.29, 0.717) is 12.5 Å². The van der Waals surface area contributed by atoms with E-state index < -0.39 is 0 Å². The molecule has 0 saturated heterocycles. The lowest BCUT2D eigenvalue weighted by atomic mass is 9.94. The fourth-order valence-corrected chi connectivity index (χ4v) is 7.41. The highest BCUT2D eigenvalue weighted by Crippen LogP contribution is 2.20. The van der Waals surface area contributed by atoms with Crippen molar-refractivity contribution in [2.24, 2.45) is 5.92 Å². The van der Waals surface area contributed by atoms with Crippen molar-refractivity contribution < 1.29 is 10.2 Å². The highest BCUT2D eigenvalue weighted by molar-refractivity contribution is 4.63. The Bertz CT molecular complexity index is 520. The van der Waals surface area contributed by atoms with E-state index in [1.54, 1.807) is 0 Å². The standard InChI is InChI=1S/C44H90O2/c1-3-4-5-6-7-8-9-10-11-12-13-16-19-22-25-28-31-34-37-40-44(46)42-43(2)39-36-33-30-27-24-21-18-15-14-17-20-23-26-29-32-35-38-41-45/h43-46H,3-42H2,1-2H3. The molecule has 0 aromatic rings. The van der Waals surface area contributed by atoms with Gasteiger partial charge < -0.3 is 10.2 Å². The predicted molar refractivity (Wildman–Crippen MR) is 208 cm³/mol. The maximum absolute atomic E-state index is 10.5. The van der Waals surface area contributed by atoms with Gasteiger partial charge in [-0.2, -0.15) is 0 Å². The Kier molecular flexibility index (Phi) is 41.0. The molecule has 0 aromatic carbocycles. The first-order valence-corrected chi connectivity index (χ1v) is 22.0. The van der Waals surface area contributed by atoms with Crippen molar-refractivity contribution in [1.29, 1.82) is 0 Å². The minimum Gasteiger partial charge on any atom is -0.396 e. The quantitative estimate of drug-likeness (QED) is 0.0646. The molecule has 2 nitrogen and oxygen atoms in total. The van der Waals surface area contributed by atoms with Gasteiger partial charge in [-0.25, -0.2) is 0 Å². The Hall–Kier alpha value is -0.0800. The molecule has 0 amide bonds. The van der Waals surface area contributed by atoms with E-state index in [1.165, 1.54) is 231 Å². The van der Waals surface area contributed by atoms with Crippen molar-refractivity contribution in [3.8, 4) is 0 Å². The largest absolute Gasteiger partial charge is 0.396 e. The third kappa shape index (κ3) is 40.1. The molecule has 2 heteroatoms. The van der Waals surface area contributed by atoms with Gasteiger partial charge in [0.1, 0.15) is 0 Å². The Morgan fingerprint density at radius 1 is 0.326 bits per heavy atom. The predicted octanol–water partition coefficient (Wildman–Crippen LogP) is 15.2. The second kappa shape index (κ2) is 41.1. The van der Waals surface area contributed by atoms with Crippen molar-refractivity contribution in [2.45, 2.75) is 270 Å². The first-order chi connectivity index (χ1) is 22.7. The normalized spacial score (nSPS) is 13.0. The molecule has 0 spiro atoms. The van der Waals surface area contributed by atoms with Gasteiger partial charge in [0, 0.05) is 6.61 Å². The van der Waals surface area contributed by atoms with Crippen LogP contribution in [0, 0.1) is 5.92 Å². The number of rotatable bonds is 41. The maximum atomic E-state index is 10.5. The smallest absolute Gasteiger partial charge is 0.0542 e. The molecule has 0 aliphatic carbocycles. The molecule has 0 radical (unpaired) electrons. The van der Waals surface area contributed by atoms with E-state index in [2.05, 4.69) is 13.8 Å². The van der Waals surface area contributed by atoms with E-state index in [9.17, 15) is 5.11 Å². The zero-order chi connectivity index (χ0) is 33.4. The molecule has 2 unspecified atom stereocenters. The van der Waals surface area contributed by atoms with Gasteiger partial charge in [-0.05, 0) is 25.2 Å². The molecule has 2 N–H and O–H groups in total. The van der Waals surface area contributed by atoms with Crippen LogP contribution in [0.3, 0.4) is 0 Å². The highest BCUT2D eigenvalue weighted by atomic mass is 16.3. The lowest BCUT2D eigenvalue weighted by Gasteiger charge is -2.16. The summed E-state index contributed by atoms with van der Waals surface area (Å²) in [5, 5.41) is 19.3. The van der Waals surface area contributed by atoms with Gasteiger partial charge in [0.25, 0.3) is 0 Å². The topological polar surface area (TPSA) is 40.5 Å². The lowest BCUT2D eigenvalue weighted by molar-refractivity contribution is 0.130. The highest BCUT2D eigenvalue weighted by Gasteiger charge is 2.10. The van der Waals surface area contributed by atoms with Crippen molar-refractivity contribution in [1.82, 2.24) is 0 Å². The summed E-state index contributed by atoms with van der Waals surface area (Å²) >= 11 is 0. The molecular weight excluding hydrogens is 560 g/mol. The summed E-state index contributed by atoms with van der Waals surface area (Å²) in [6, 6.07) is 0. The van der Waals surface area contributed by atoms with Crippen molar-refractivity contribution in [2.75, 3.05) is 6.61 Å². The van der Waals surface area contributed by atoms with Crippen LogP contribution in [0.2, 0.25) is 0 Å². The average molecular weight is 651 g/mol. The van der Waals surface area contributed by atoms with Gasteiger partial charge in [0.05, 0.1) is 6.10 Å². The number of hydrogen-bond donors (Lipinski definition) is 2. The molecule has 0 bridgehead atoms. The molecule has 0 fully saturated rings. The molecule has 0 aromatic heterocycles. The molecule has 0 aliphatic rings. The molecular formula is C44H90O2. The molecule has 278 valence electrons. The van der Waals surface area contributed by atoms with Crippen molar-refractivity contribution >= 4 is 0 Å². The number of aliphatic hydroxyl groups excluding tert-OH is 2. The Labute approximate surface area is 292 Å². The summed E-state index contributed by atoms with van der Waals surface area (Å²) in [5.41, 5.74) is 0. The van der Waals surface area contributed by atoms with Gasteiger partial charge in [-0.3, -0.25) is 0 Å². The van der Waals surface area contributed by atoms with E-state index in [0.717, 1.165) is 19.3 Å². The number of hydrogen-bond acceptors (Lipinski definition) is 2. The van der Waals surface area contributed by atoms with Crippen LogP contribution in [-0.4, -0.2) is 22.9 Å². The van der Waals surface area contributed by atoms with E-state index >= 15 is 0 Å². The molecule has 0 heterocycles. The number of unbranched alkanes of at least 4 members (excludes halogenated alkanes) is 34. The summed E-state index contributed by atoms with van der Waals surface area (Å²) in [5.74, 6) is 0.682. The minimum absolute atomic E-state index is 0.0665. The summed E-state index contributed by atoms with van der Waals surface area (Å²) in [6.45, 7) is 5.03. The van der Waals surface area contributed by atoms with Crippen LogP contribution in [-0.2, 0) is 0 Å². The van der Waals surface area contributed by atoms with Crippen molar-refractivity contribution in [3.05, 3.63) is 0 Å². The Balaban J connectivity index is 3.24. The average Bonchev–Trinajstić information content (AvgIpc) is 3.05. The van der Waals surface area contributed by atoms with Crippen LogP contribution in [0.15, 0.2) is 0 Å². The Morgan fingerprint density at radius 3 is 0.848 bits per heavy atom. The molecule has 2 atom stereocenters. The van der Waals surface area contributed by atoms with E-state index in [1.807, 2.05) is 0 Å². The van der Waals surface area contributed by atoms with Crippen LogP contribution >= 0.6 is 0 Å². The lowest BCUT2D eigenvalue weighted by Crippen LogP contribution is -2.11. The fraction of sp³-hybridized carbons (Fsp3) is 1.00. The van der Waals surface area contributed by atoms with Crippen LogP contribution in [0.25, 0.3) is 0 Å². The fourth-order valence-electron chi connectivity index (χ4n) is 7.41. The molecule has 0 rings (SSSR count). The molecule has 46 heavy (non-hydrogen) atoms. The van der Waals surface area contributed by atoms with Gasteiger partial charge in [-0.1, -0.05) is 245 Å². The first kappa shape index (κ1) is 45.9. The maximum Gasteiger partial charge on any atom is 0.0542 e. The Morgan fingerprint density at radius 2 is 0.565 bits per heavy atom. The summed E-state index contributed by atoms with van der Waals surface area (Å²) < 4.78 is 0. The SMILES string of the molecule is CCCCCCCCCCCCCCCCCCCCCC(O)CC(C)CCCCCCCCCCCCCCCCCCCO. The zero-order valence-electron chi connectivity index (χ0n) is 32.3. The van der Waals surface area contributed by atoms with Crippen LogP contribution < -0.4 is 0 Å². The van der Waals surface area contributed by atoms with Gasteiger partial charge in [0.15, 0.2) is 0 Å². The van der Waals surface area contributed by atoms with E-state index in [-0.39, 0.29) is 6.10 Å². The summed E-state index contributed by atoms with van der Waals surface area (Å²) in [7, 11) is 0. The van der Waals surface area contributed by atoms with Crippen molar-refractivity contribution in [3.63, 3.8) is 0 Å². The van der Waals surface area contributed by atoms with E-state index in [4.69, 9.17) is 5.11 Å². The first-order valence-electron chi connectivity index (χ1n) is 22.0. The summed E-state index contributed by atoms with van der Waals surface area (Å²) in [4.78, 5) is 0. The van der Waals surface area contributed by atoms with Crippen LogP contribution in [0.1, 0.15) is 264 Å². The third-order valence-corrected chi connectivity index (χ3v) is 10.7. The summed E-state index contributed by atoms with van der Waals surface area (Å²) in [6.07, 6.45) is 53.6. The van der Waals surface area contributed by atoms with Gasteiger partial charge in [-0.15, -0.1) is 0 Å². The second-order valence-electron chi connectivity index (χ2n) is 15.7. The zero-order valence-corrected chi connectivity index (χ0v) is 32.3. The second-order valence-corrected chi connectivity index (χ2v) is 15.7. The molecule has 0 saturated carbocycles. The monoisotopic (exact) mass is 651 g/mol. The van der Waals surface area contributed by atoms with Crippen LogP contribution in [0.4, 0.5) is 0 Å². The minimum atomic E-state index is -0.0665. The number of aliphatic hydroxyl groups is 2. The molecule has 0 aliphatic heterocycles. The van der Waals surface area contributed by atoms with Gasteiger partial charge >= 0.3 is 0 Å². The van der Waals surface area contributed by atoms with Crippen LogP contribution in [0.5, 0.6) is 0 Å².